The van der Waals surface area contributed by atoms with Gasteiger partial charge < -0.3 is 9.15 Å². The molecule has 2 aromatic heterocycles. The molecular formula is C22H16ClN3O4S. The van der Waals surface area contributed by atoms with Gasteiger partial charge in [-0.15, -0.1) is 10.2 Å². The highest BCUT2D eigenvalue weighted by molar-refractivity contribution is 7.13. The minimum Gasteiger partial charge on any atom is -0.494 e. The standard InChI is InChI=1S/C22H16ClN3O4S/c1-2-8-29-14-5-3-4-12(9-14)18-17-19(27)15-10-13(23)6-7-16(15)30-20(17)21(28)26(18)22-25-24-11-31-22/h3-7,9-11,18H,2,8H2,1H3/t18-/m1/s1. The zero-order chi connectivity index (χ0) is 21.5. The van der Waals surface area contributed by atoms with E-state index in [1.807, 2.05) is 31.2 Å². The number of hydrogen-bond donors (Lipinski definition) is 0. The highest BCUT2D eigenvalue weighted by Crippen LogP contribution is 2.42. The molecule has 156 valence electrons. The maximum atomic E-state index is 13.5. The van der Waals surface area contributed by atoms with Crippen LogP contribution in [0.25, 0.3) is 11.0 Å². The molecule has 0 N–H and O–H groups in total. The number of nitrogens with zero attached hydrogens (tertiary/aromatic N) is 3. The fourth-order valence-electron chi connectivity index (χ4n) is 3.72. The molecule has 0 unspecified atom stereocenters. The number of anilines is 1. The van der Waals surface area contributed by atoms with Crippen molar-refractivity contribution in [2.75, 3.05) is 11.5 Å². The van der Waals surface area contributed by atoms with Crippen LogP contribution in [0.1, 0.15) is 41.1 Å². The first-order valence-corrected chi connectivity index (χ1v) is 10.9. The third-order valence-electron chi connectivity index (χ3n) is 5.03. The molecule has 1 aliphatic heterocycles. The lowest BCUT2D eigenvalue weighted by Gasteiger charge is -2.22. The number of carbonyl (C=O) groups excluding carboxylic acids is 1. The molecule has 2 aromatic carbocycles. The van der Waals surface area contributed by atoms with Gasteiger partial charge in [-0.25, -0.2) is 0 Å². The minimum absolute atomic E-state index is 0.0000907. The predicted molar refractivity (Wildman–Crippen MR) is 118 cm³/mol. The highest BCUT2D eigenvalue weighted by Gasteiger charge is 2.45. The van der Waals surface area contributed by atoms with Gasteiger partial charge in [-0.3, -0.25) is 14.5 Å². The van der Waals surface area contributed by atoms with Crippen LogP contribution in [-0.2, 0) is 0 Å². The first kappa shape index (κ1) is 19.7. The van der Waals surface area contributed by atoms with Gasteiger partial charge in [-0.2, -0.15) is 0 Å². The van der Waals surface area contributed by atoms with Gasteiger partial charge in [0.2, 0.25) is 10.9 Å². The largest absolute Gasteiger partial charge is 0.494 e. The van der Waals surface area contributed by atoms with Crippen LogP contribution < -0.4 is 15.1 Å². The van der Waals surface area contributed by atoms with Crippen LogP contribution in [0.5, 0.6) is 5.75 Å². The number of rotatable bonds is 5. The van der Waals surface area contributed by atoms with Crippen LogP contribution >= 0.6 is 22.9 Å². The molecule has 0 aliphatic carbocycles. The Labute approximate surface area is 185 Å². The van der Waals surface area contributed by atoms with Gasteiger partial charge in [0.1, 0.15) is 16.8 Å². The van der Waals surface area contributed by atoms with Crippen LogP contribution in [0, 0.1) is 0 Å². The van der Waals surface area contributed by atoms with Crippen molar-refractivity contribution in [1.29, 1.82) is 0 Å². The van der Waals surface area contributed by atoms with Gasteiger partial charge in [0.15, 0.2) is 5.43 Å². The van der Waals surface area contributed by atoms with Crippen molar-refractivity contribution in [2.45, 2.75) is 19.4 Å². The fraction of sp³-hybridized carbons (Fsp3) is 0.182. The van der Waals surface area contributed by atoms with Crippen LogP contribution in [0.2, 0.25) is 5.02 Å². The predicted octanol–water partition coefficient (Wildman–Crippen LogP) is 4.84. The van der Waals surface area contributed by atoms with Crippen molar-refractivity contribution in [2.24, 2.45) is 0 Å². The number of hydrogen-bond acceptors (Lipinski definition) is 7. The molecule has 1 atom stereocenters. The third kappa shape index (κ3) is 3.28. The Bertz CT molecular complexity index is 1350. The quantitative estimate of drug-likeness (QED) is 0.430. The molecular weight excluding hydrogens is 438 g/mol. The molecule has 1 aliphatic rings. The Balaban J connectivity index is 1.75. The lowest BCUT2D eigenvalue weighted by molar-refractivity contribution is 0.0970. The third-order valence-corrected chi connectivity index (χ3v) is 5.96. The number of halogens is 1. The van der Waals surface area contributed by atoms with Gasteiger partial charge in [-0.05, 0) is 42.3 Å². The molecule has 31 heavy (non-hydrogen) atoms. The Kier molecular flexibility index (Phi) is 4.95. The second-order valence-corrected chi connectivity index (χ2v) is 8.28. The molecule has 1 amide bonds. The van der Waals surface area contributed by atoms with E-state index in [0.717, 1.165) is 6.42 Å². The first-order valence-electron chi connectivity index (χ1n) is 9.67. The van der Waals surface area contributed by atoms with E-state index >= 15 is 0 Å². The van der Waals surface area contributed by atoms with E-state index in [1.165, 1.54) is 21.7 Å². The number of aromatic nitrogens is 2. The molecule has 3 heterocycles. The van der Waals surface area contributed by atoms with Crippen LogP contribution in [-0.4, -0.2) is 22.7 Å². The topological polar surface area (TPSA) is 85.5 Å². The summed E-state index contributed by atoms with van der Waals surface area (Å²) in [6, 6.07) is 11.4. The Morgan fingerprint density at radius 3 is 2.87 bits per heavy atom. The maximum absolute atomic E-state index is 13.5. The van der Waals surface area contributed by atoms with E-state index < -0.39 is 11.9 Å². The van der Waals surface area contributed by atoms with E-state index in [1.54, 1.807) is 18.2 Å². The molecule has 0 saturated heterocycles. The minimum atomic E-state index is -0.722. The van der Waals surface area contributed by atoms with Crippen molar-refractivity contribution < 1.29 is 13.9 Å². The summed E-state index contributed by atoms with van der Waals surface area (Å²) in [5.41, 5.74) is 2.50. The van der Waals surface area contributed by atoms with E-state index in [-0.39, 0.29) is 16.8 Å². The summed E-state index contributed by atoms with van der Waals surface area (Å²) in [5, 5.41) is 9.05. The molecule has 0 radical (unpaired) electrons. The summed E-state index contributed by atoms with van der Waals surface area (Å²) in [5.74, 6) is 0.219. The second kappa shape index (κ2) is 7.79. The summed E-state index contributed by atoms with van der Waals surface area (Å²) < 4.78 is 11.7. The summed E-state index contributed by atoms with van der Waals surface area (Å²) in [4.78, 5) is 28.3. The Hall–Kier alpha value is -3.23. The normalized spacial score (nSPS) is 15.5. The molecule has 0 spiro atoms. The molecule has 9 heteroatoms. The fourth-order valence-corrected chi connectivity index (χ4v) is 4.48. The van der Waals surface area contributed by atoms with Crippen molar-refractivity contribution in [1.82, 2.24) is 10.2 Å². The SMILES string of the molecule is CCCOc1cccc([C@@H]2c3c(oc4ccc(Cl)cc4c3=O)C(=O)N2c2nncs2)c1. The van der Waals surface area contributed by atoms with Crippen molar-refractivity contribution in [3.05, 3.63) is 80.1 Å². The van der Waals surface area contributed by atoms with Crippen LogP contribution in [0.15, 0.2) is 57.2 Å². The van der Waals surface area contributed by atoms with Gasteiger partial charge in [0.25, 0.3) is 5.91 Å². The zero-order valence-corrected chi connectivity index (χ0v) is 17.9. The summed E-state index contributed by atoms with van der Waals surface area (Å²) in [6.45, 7) is 2.59. The van der Waals surface area contributed by atoms with Crippen molar-refractivity contribution in [3.63, 3.8) is 0 Å². The number of fused-ring (bicyclic) bond motifs is 2. The summed E-state index contributed by atoms with van der Waals surface area (Å²) >= 11 is 7.32. The first-order chi connectivity index (χ1) is 15.1. The smallest absolute Gasteiger partial charge is 0.297 e. The number of ether oxygens (including phenoxy) is 1. The molecule has 5 rings (SSSR count). The second-order valence-electron chi connectivity index (χ2n) is 7.03. The summed E-state index contributed by atoms with van der Waals surface area (Å²) in [7, 11) is 0. The number of benzene rings is 2. The van der Waals surface area contributed by atoms with Crippen molar-refractivity contribution >= 4 is 44.9 Å². The average molecular weight is 454 g/mol. The molecule has 0 fully saturated rings. The lowest BCUT2D eigenvalue weighted by Crippen LogP contribution is -2.29. The Morgan fingerprint density at radius 1 is 1.23 bits per heavy atom. The van der Waals surface area contributed by atoms with Gasteiger partial charge in [0.05, 0.1) is 23.6 Å². The number of carbonyl (C=O) groups is 1. The average Bonchev–Trinajstić information content (AvgIpc) is 3.40. The molecule has 0 bridgehead atoms. The van der Waals surface area contributed by atoms with E-state index in [2.05, 4.69) is 10.2 Å². The Morgan fingerprint density at radius 2 is 2.10 bits per heavy atom. The van der Waals surface area contributed by atoms with Gasteiger partial charge in [-0.1, -0.05) is 42.0 Å². The highest BCUT2D eigenvalue weighted by atomic mass is 35.5. The van der Waals surface area contributed by atoms with Crippen molar-refractivity contribution in [3.8, 4) is 5.75 Å². The van der Waals surface area contributed by atoms with E-state index in [9.17, 15) is 9.59 Å². The molecule has 0 saturated carbocycles. The lowest BCUT2D eigenvalue weighted by atomic mass is 9.98. The summed E-state index contributed by atoms with van der Waals surface area (Å²) in [6.07, 6.45) is 0.863. The van der Waals surface area contributed by atoms with E-state index in [4.69, 9.17) is 20.8 Å². The van der Waals surface area contributed by atoms with E-state index in [0.29, 0.717) is 39.0 Å². The van der Waals surface area contributed by atoms with Crippen LogP contribution in [0.4, 0.5) is 5.13 Å². The van der Waals surface area contributed by atoms with Gasteiger partial charge >= 0.3 is 0 Å². The maximum Gasteiger partial charge on any atom is 0.297 e. The van der Waals surface area contributed by atoms with Gasteiger partial charge in [0, 0.05) is 5.02 Å². The zero-order valence-electron chi connectivity index (χ0n) is 16.4. The molecule has 7 nitrogen and oxygen atoms in total. The van der Waals surface area contributed by atoms with Crippen LogP contribution in [0.3, 0.4) is 0 Å². The molecule has 4 aromatic rings. The number of amides is 1. The monoisotopic (exact) mass is 453 g/mol.